The summed E-state index contributed by atoms with van der Waals surface area (Å²) in [5.74, 6) is -0.591. The van der Waals surface area contributed by atoms with E-state index in [4.69, 9.17) is 0 Å². The maximum atomic E-state index is 12.0. The lowest BCUT2D eigenvalue weighted by Crippen LogP contribution is -2.45. The van der Waals surface area contributed by atoms with Gasteiger partial charge < -0.3 is 10.6 Å². The number of benzene rings is 1. The summed E-state index contributed by atoms with van der Waals surface area (Å²) >= 11 is 0. The van der Waals surface area contributed by atoms with Crippen molar-refractivity contribution in [3.8, 4) is 0 Å². The van der Waals surface area contributed by atoms with Crippen LogP contribution in [-0.4, -0.2) is 31.1 Å². The molecule has 0 spiro atoms. The predicted molar refractivity (Wildman–Crippen MR) is 80.9 cm³/mol. The number of carbonyl (C=O) groups is 2. The van der Waals surface area contributed by atoms with Gasteiger partial charge in [-0.05, 0) is 44.4 Å². The largest absolute Gasteiger partial charge is 0.352 e. The summed E-state index contributed by atoms with van der Waals surface area (Å²) in [5, 5.41) is 5.04. The molecule has 116 valence electrons. The van der Waals surface area contributed by atoms with Gasteiger partial charge in [-0.15, -0.1) is 0 Å². The number of carbonyl (C=O) groups excluding carboxylic acids is 2. The first-order chi connectivity index (χ1) is 9.85. The van der Waals surface area contributed by atoms with Gasteiger partial charge in [-0.1, -0.05) is 17.7 Å². The van der Waals surface area contributed by atoms with Crippen molar-refractivity contribution in [2.24, 2.45) is 0 Å². The van der Waals surface area contributed by atoms with E-state index >= 15 is 0 Å². The van der Waals surface area contributed by atoms with Gasteiger partial charge in [0, 0.05) is 6.54 Å². The Kier molecular flexibility index (Phi) is 6.34. The lowest BCUT2D eigenvalue weighted by atomic mass is 9.97. The van der Waals surface area contributed by atoms with Crippen LogP contribution in [0.5, 0.6) is 0 Å². The monoisotopic (exact) mass is 294 g/mol. The number of hydrogen-bond donors (Lipinski definition) is 2. The van der Waals surface area contributed by atoms with Crippen molar-refractivity contribution in [1.29, 1.82) is 0 Å². The molecule has 0 bridgehead atoms. The predicted octanol–water partition coefficient (Wildman–Crippen LogP) is 1.74. The zero-order chi connectivity index (χ0) is 16.0. The summed E-state index contributed by atoms with van der Waals surface area (Å²) in [6.45, 7) is 6.89. The molecule has 0 radical (unpaired) electrons. The molecule has 21 heavy (non-hydrogen) atoms. The molecule has 0 heterocycles. The van der Waals surface area contributed by atoms with Crippen molar-refractivity contribution in [1.82, 2.24) is 10.6 Å². The molecule has 1 aromatic rings. The molecule has 0 fully saturated rings. The minimum atomic E-state index is -0.671. The first-order valence-corrected chi connectivity index (χ1v) is 7.05. The molecular weight excluding hydrogens is 271 g/mol. The van der Waals surface area contributed by atoms with Gasteiger partial charge in [0.15, 0.2) is 0 Å². The van der Waals surface area contributed by atoms with Gasteiger partial charge in [-0.3, -0.25) is 9.59 Å². The van der Waals surface area contributed by atoms with Gasteiger partial charge >= 0.3 is 0 Å². The Bertz CT molecular complexity index is 506. The summed E-state index contributed by atoms with van der Waals surface area (Å²) in [4.78, 5) is 23.6. The normalized spacial score (nSPS) is 11.9. The Morgan fingerprint density at radius 1 is 1.19 bits per heavy atom. The first-order valence-electron chi connectivity index (χ1n) is 7.05. The number of nitrogens with one attached hydrogen (secondary N) is 2. The second-order valence-electron chi connectivity index (χ2n) is 5.32. The summed E-state index contributed by atoms with van der Waals surface area (Å²) in [5.41, 5.74) is 4.27. The van der Waals surface area contributed by atoms with Gasteiger partial charge in [0.2, 0.25) is 11.8 Å². The Labute approximate surface area is 125 Å². The highest BCUT2D eigenvalue weighted by Crippen LogP contribution is 2.16. The van der Waals surface area contributed by atoms with E-state index in [1.54, 1.807) is 6.92 Å². The van der Waals surface area contributed by atoms with Crippen LogP contribution >= 0.6 is 0 Å². The number of amides is 2. The summed E-state index contributed by atoms with van der Waals surface area (Å²) in [6.07, 6.45) is 0.235. The van der Waals surface area contributed by atoms with E-state index in [0.717, 1.165) is 22.3 Å². The molecule has 0 aliphatic heterocycles. The van der Waals surface area contributed by atoms with Crippen LogP contribution in [0.1, 0.15) is 29.2 Å². The van der Waals surface area contributed by atoms with Crippen molar-refractivity contribution in [2.45, 2.75) is 40.2 Å². The number of halogens is 1. The molecule has 1 atom stereocenters. The average molecular weight is 294 g/mol. The second kappa shape index (κ2) is 7.76. The van der Waals surface area contributed by atoms with Crippen molar-refractivity contribution in [3.63, 3.8) is 0 Å². The number of hydrogen-bond acceptors (Lipinski definition) is 2. The fraction of sp³-hybridized carbons (Fsp3) is 0.500. The minimum Gasteiger partial charge on any atom is -0.352 e. The van der Waals surface area contributed by atoms with Gasteiger partial charge in [-0.2, -0.15) is 0 Å². The van der Waals surface area contributed by atoms with Crippen molar-refractivity contribution < 1.29 is 14.0 Å². The fourth-order valence-corrected chi connectivity index (χ4v) is 2.33. The van der Waals surface area contributed by atoms with Crippen LogP contribution < -0.4 is 10.6 Å². The zero-order valence-corrected chi connectivity index (χ0v) is 13.0. The van der Waals surface area contributed by atoms with E-state index in [1.165, 1.54) is 0 Å². The van der Waals surface area contributed by atoms with E-state index in [9.17, 15) is 14.0 Å². The average Bonchev–Trinajstić information content (AvgIpc) is 2.39. The highest BCUT2D eigenvalue weighted by Gasteiger charge is 2.16. The lowest BCUT2D eigenvalue weighted by Gasteiger charge is -2.15. The molecule has 2 amide bonds. The Morgan fingerprint density at radius 3 is 2.29 bits per heavy atom. The van der Waals surface area contributed by atoms with Crippen molar-refractivity contribution in [2.75, 3.05) is 13.2 Å². The summed E-state index contributed by atoms with van der Waals surface area (Å²) in [6, 6.07) is 3.40. The molecule has 0 saturated carbocycles. The summed E-state index contributed by atoms with van der Waals surface area (Å²) < 4.78 is 12.0. The molecule has 1 aromatic carbocycles. The van der Waals surface area contributed by atoms with Crippen molar-refractivity contribution in [3.05, 3.63) is 34.4 Å². The van der Waals surface area contributed by atoms with E-state index in [2.05, 4.69) is 10.6 Å². The highest BCUT2D eigenvalue weighted by atomic mass is 19.1. The fourth-order valence-electron chi connectivity index (χ4n) is 2.33. The first kappa shape index (κ1) is 17.1. The lowest BCUT2D eigenvalue weighted by molar-refractivity contribution is -0.128. The second-order valence-corrected chi connectivity index (χ2v) is 5.32. The molecule has 0 saturated heterocycles. The van der Waals surface area contributed by atoms with E-state index in [-0.39, 0.29) is 24.8 Å². The smallest absolute Gasteiger partial charge is 0.242 e. The van der Waals surface area contributed by atoms with Gasteiger partial charge in [0.1, 0.15) is 12.7 Å². The number of alkyl halides is 1. The Morgan fingerprint density at radius 2 is 1.76 bits per heavy atom. The third kappa shape index (κ3) is 5.17. The van der Waals surface area contributed by atoms with E-state index < -0.39 is 12.7 Å². The SMILES string of the molecule is Cc1cc(C)c(CC(=O)N[C@H](C)C(=O)NCCF)c(C)c1. The minimum absolute atomic E-state index is 0.0325. The van der Waals surface area contributed by atoms with E-state index in [0.29, 0.717) is 0 Å². The van der Waals surface area contributed by atoms with Gasteiger partial charge in [-0.25, -0.2) is 4.39 Å². The van der Waals surface area contributed by atoms with Gasteiger partial charge in [0.25, 0.3) is 0 Å². The van der Waals surface area contributed by atoms with Gasteiger partial charge in [0.05, 0.1) is 6.42 Å². The quantitative estimate of drug-likeness (QED) is 0.839. The standard InChI is InChI=1S/C16H23FN2O2/c1-10-7-11(2)14(12(3)8-10)9-15(20)19-13(4)16(21)18-6-5-17/h7-8,13H,5-6,9H2,1-4H3,(H,18,21)(H,19,20)/t13-/m1/s1. The van der Waals surface area contributed by atoms with Crippen LogP contribution in [-0.2, 0) is 16.0 Å². The topological polar surface area (TPSA) is 58.2 Å². The summed E-state index contributed by atoms with van der Waals surface area (Å²) in [7, 11) is 0. The molecule has 0 unspecified atom stereocenters. The highest BCUT2D eigenvalue weighted by molar-refractivity contribution is 5.88. The van der Waals surface area contributed by atoms with Crippen molar-refractivity contribution >= 4 is 11.8 Å². The third-order valence-corrected chi connectivity index (χ3v) is 3.34. The van der Waals surface area contributed by atoms with Crippen LogP contribution in [0.4, 0.5) is 4.39 Å². The van der Waals surface area contributed by atoms with Crippen LogP contribution in [0.2, 0.25) is 0 Å². The number of rotatable bonds is 6. The van der Waals surface area contributed by atoms with Crippen LogP contribution in [0, 0.1) is 20.8 Å². The maximum Gasteiger partial charge on any atom is 0.242 e. The molecule has 0 aliphatic carbocycles. The van der Waals surface area contributed by atoms with Crippen LogP contribution in [0.3, 0.4) is 0 Å². The maximum absolute atomic E-state index is 12.0. The molecule has 0 aliphatic rings. The van der Waals surface area contributed by atoms with E-state index in [1.807, 2.05) is 32.9 Å². The molecular formula is C16H23FN2O2. The Balaban J connectivity index is 2.64. The number of aryl methyl sites for hydroxylation is 3. The molecule has 4 nitrogen and oxygen atoms in total. The molecule has 5 heteroatoms. The zero-order valence-electron chi connectivity index (χ0n) is 13.0. The third-order valence-electron chi connectivity index (χ3n) is 3.34. The molecule has 2 N–H and O–H groups in total. The molecule has 0 aromatic heterocycles. The Hall–Kier alpha value is -1.91. The van der Waals surface area contributed by atoms with Crippen LogP contribution in [0.15, 0.2) is 12.1 Å². The van der Waals surface area contributed by atoms with Crippen LogP contribution in [0.25, 0.3) is 0 Å². The molecule has 1 rings (SSSR count).